The Kier molecular flexibility index (Phi) is 3.76. The molecule has 126 valence electrons. The van der Waals surface area contributed by atoms with Crippen LogP contribution in [0.1, 0.15) is 21.6 Å². The molecule has 4 rings (SSSR count). The van der Waals surface area contributed by atoms with Crippen LogP contribution in [0.2, 0.25) is 0 Å². The molecule has 2 aromatic carbocycles. The van der Waals surface area contributed by atoms with Crippen LogP contribution < -0.4 is 0 Å². The number of amides is 1. The Labute approximate surface area is 145 Å². The molecule has 1 aliphatic heterocycles. The summed E-state index contributed by atoms with van der Waals surface area (Å²) in [6.07, 6.45) is 0.449. The number of aromatic nitrogens is 1. The van der Waals surface area contributed by atoms with Gasteiger partial charge >= 0.3 is 5.97 Å². The van der Waals surface area contributed by atoms with Crippen molar-refractivity contribution in [3.05, 3.63) is 71.4 Å². The fraction of sp³-hybridized carbons (Fsp3) is 0.200. The van der Waals surface area contributed by atoms with Crippen LogP contribution in [0, 0.1) is 0 Å². The Hall–Kier alpha value is -3.08. The van der Waals surface area contributed by atoms with E-state index in [1.807, 2.05) is 54.6 Å². The van der Waals surface area contributed by atoms with Crippen molar-refractivity contribution >= 4 is 22.8 Å². The van der Waals surface area contributed by atoms with E-state index in [4.69, 9.17) is 4.74 Å². The molecule has 0 fully saturated rings. The van der Waals surface area contributed by atoms with Gasteiger partial charge in [0.15, 0.2) is 0 Å². The number of benzene rings is 2. The predicted molar refractivity (Wildman–Crippen MR) is 94.1 cm³/mol. The molecule has 25 heavy (non-hydrogen) atoms. The third kappa shape index (κ3) is 2.58. The van der Waals surface area contributed by atoms with Gasteiger partial charge in [-0.05, 0) is 17.2 Å². The Bertz CT molecular complexity index is 946. The summed E-state index contributed by atoms with van der Waals surface area (Å²) in [5, 5.41) is 0.985. The second kappa shape index (κ2) is 6.09. The number of nitrogens with one attached hydrogen (secondary N) is 1. The molecule has 0 bridgehead atoms. The summed E-state index contributed by atoms with van der Waals surface area (Å²) >= 11 is 0. The number of methoxy groups -OCH3 is 1. The van der Waals surface area contributed by atoms with Crippen LogP contribution in [-0.2, 0) is 22.5 Å². The van der Waals surface area contributed by atoms with Crippen molar-refractivity contribution in [2.75, 3.05) is 7.11 Å². The van der Waals surface area contributed by atoms with Gasteiger partial charge in [0.05, 0.1) is 7.11 Å². The van der Waals surface area contributed by atoms with E-state index in [1.54, 1.807) is 4.90 Å². The highest BCUT2D eigenvalue weighted by molar-refractivity contribution is 6.04. The first-order chi connectivity index (χ1) is 12.2. The minimum Gasteiger partial charge on any atom is -0.467 e. The van der Waals surface area contributed by atoms with Gasteiger partial charge in [-0.3, -0.25) is 4.79 Å². The normalized spacial score (nSPS) is 16.8. The molecule has 0 aliphatic carbocycles. The molecule has 1 aromatic heterocycles. The zero-order valence-electron chi connectivity index (χ0n) is 13.9. The van der Waals surface area contributed by atoms with Gasteiger partial charge in [0.2, 0.25) is 0 Å². The number of carbonyl (C=O) groups is 2. The Balaban J connectivity index is 1.79. The van der Waals surface area contributed by atoms with E-state index < -0.39 is 6.04 Å². The van der Waals surface area contributed by atoms with Crippen molar-refractivity contribution in [3.8, 4) is 0 Å². The second-order valence-corrected chi connectivity index (χ2v) is 6.19. The molecule has 5 heteroatoms. The van der Waals surface area contributed by atoms with Crippen molar-refractivity contribution in [1.29, 1.82) is 0 Å². The highest BCUT2D eigenvalue weighted by atomic mass is 16.5. The molecule has 1 N–H and O–H groups in total. The van der Waals surface area contributed by atoms with Crippen LogP contribution in [-0.4, -0.2) is 34.9 Å². The molecule has 0 radical (unpaired) electrons. The van der Waals surface area contributed by atoms with Gasteiger partial charge in [-0.25, -0.2) is 4.79 Å². The molecule has 1 amide bonds. The van der Waals surface area contributed by atoms with E-state index in [2.05, 4.69) is 4.98 Å². The lowest BCUT2D eigenvalue weighted by atomic mass is 9.95. The number of esters is 1. The highest BCUT2D eigenvalue weighted by Gasteiger charge is 2.39. The van der Waals surface area contributed by atoms with Crippen LogP contribution in [0.15, 0.2) is 54.6 Å². The van der Waals surface area contributed by atoms with Gasteiger partial charge < -0.3 is 14.6 Å². The fourth-order valence-electron chi connectivity index (χ4n) is 3.49. The topological polar surface area (TPSA) is 62.4 Å². The van der Waals surface area contributed by atoms with Gasteiger partial charge in [-0.1, -0.05) is 48.5 Å². The van der Waals surface area contributed by atoms with Crippen LogP contribution in [0.5, 0.6) is 0 Å². The molecule has 0 spiro atoms. The van der Waals surface area contributed by atoms with Crippen molar-refractivity contribution in [3.63, 3.8) is 0 Å². The van der Waals surface area contributed by atoms with Crippen molar-refractivity contribution in [1.82, 2.24) is 9.88 Å². The zero-order chi connectivity index (χ0) is 17.4. The van der Waals surface area contributed by atoms with Gasteiger partial charge in [0, 0.05) is 23.9 Å². The maximum absolute atomic E-state index is 13.1. The summed E-state index contributed by atoms with van der Waals surface area (Å²) in [4.78, 5) is 30.3. The molecule has 1 aliphatic rings. The fourth-order valence-corrected chi connectivity index (χ4v) is 3.49. The highest BCUT2D eigenvalue weighted by Crippen LogP contribution is 2.31. The average molecular weight is 334 g/mol. The van der Waals surface area contributed by atoms with Crippen LogP contribution >= 0.6 is 0 Å². The van der Waals surface area contributed by atoms with Crippen molar-refractivity contribution in [2.24, 2.45) is 0 Å². The zero-order valence-corrected chi connectivity index (χ0v) is 13.9. The lowest BCUT2D eigenvalue weighted by Crippen LogP contribution is -2.49. The van der Waals surface area contributed by atoms with Gasteiger partial charge in [-0.2, -0.15) is 0 Å². The predicted octanol–water partition coefficient (Wildman–Crippen LogP) is 2.91. The number of carbonyl (C=O) groups excluding carboxylic acids is 2. The maximum Gasteiger partial charge on any atom is 0.328 e. The Morgan fingerprint density at radius 1 is 1.16 bits per heavy atom. The van der Waals surface area contributed by atoms with E-state index in [1.165, 1.54) is 7.11 Å². The minimum atomic E-state index is -0.621. The van der Waals surface area contributed by atoms with E-state index >= 15 is 0 Å². The number of nitrogens with zero attached hydrogens (tertiary/aromatic N) is 1. The number of hydrogen-bond donors (Lipinski definition) is 1. The molecular formula is C20H18N2O3. The molecule has 2 heterocycles. The summed E-state index contributed by atoms with van der Waals surface area (Å²) in [7, 11) is 1.36. The van der Waals surface area contributed by atoms with Gasteiger partial charge in [0.25, 0.3) is 5.91 Å². The number of H-pyrrole nitrogens is 1. The van der Waals surface area contributed by atoms with Crippen molar-refractivity contribution < 1.29 is 14.3 Å². The summed E-state index contributed by atoms with van der Waals surface area (Å²) < 4.78 is 4.97. The maximum atomic E-state index is 13.1. The number of ether oxygens (including phenoxy) is 1. The number of rotatable bonds is 3. The molecule has 5 nitrogen and oxygen atoms in total. The van der Waals surface area contributed by atoms with E-state index in [0.717, 1.165) is 22.0 Å². The molecule has 1 unspecified atom stereocenters. The Morgan fingerprint density at radius 2 is 1.88 bits per heavy atom. The quantitative estimate of drug-likeness (QED) is 0.749. The monoisotopic (exact) mass is 334 g/mol. The smallest absolute Gasteiger partial charge is 0.328 e. The molecule has 0 saturated heterocycles. The van der Waals surface area contributed by atoms with E-state index in [-0.39, 0.29) is 11.9 Å². The number of aromatic amines is 1. The summed E-state index contributed by atoms with van der Waals surface area (Å²) in [5.41, 5.74) is 3.34. The Morgan fingerprint density at radius 3 is 2.64 bits per heavy atom. The first kappa shape index (κ1) is 15.4. The van der Waals surface area contributed by atoms with Crippen LogP contribution in [0.25, 0.3) is 10.9 Å². The molecule has 3 aromatic rings. The molecular weight excluding hydrogens is 316 g/mol. The second-order valence-electron chi connectivity index (χ2n) is 6.19. The first-order valence-corrected chi connectivity index (χ1v) is 8.21. The summed E-state index contributed by atoms with van der Waals surface area (Å²) in [5.74, 6) is -0.558. The SMILES string of the molecule is COC(=O)C1Cc2c([nH]c3ccccc23)C(=O)N1Cc1ccccc1. The number of fused-ring (bicyclic) bond motifs is 3. The van der Waals surface area contributed by atoms with Gasteiger partial charge in [0.1, 0.15) is 11.7 Å². The lowest BCUT2D eigenvalue weighted by Gasteiger charge is -2.33. The number of para-hydroxylation sites is 1. The summed E-state index contributed by atoms with van der Waals surface area (Å²) in [6, 6.07) is 16.8. The van der Waals surface area contributed by atoms with Crippen LogP contribution in [0.4, 0.5) is 0 Å². The third-order valence-corrected chi connectivity index (χ3v) is 4.73. The van der Waals surface area contributed by atoms with Crippen LogP contribution in [0.3, 0.4) is 0 Å². The van der Waals surface area contributed by atoms with Crippen molar-refractivity contribution in [2.45, 2.75) is 19.0 Å². The molecule has 1 atom stereocenters. The third-order valence-electron chi connectivity index (χ3n) is 4.73. The number of hydrogen-bond acceptors (Lipinski definition) is 3. The summed E-state index contributed by atoms with van der Waals surface area (Å²) in [6.45, 7) is 0.369. The minimum absolute atomic E-state index is 0.170. The van der Waals surface area contributed by atoms with E-state index in [0.29, 0.717) is 18.7 Å². The lowest BCUT2D eigenvalue weighted by molar-refractivity contribution is -0.146. The average Bonchev–Trinajstić information content (AvgIpc) is 3.03. The van der Waals surface area contributed by atoms with E-state index in [9.17, 15) is 9.59 Å². The largest absolute Gasteiger partial charge is 0.467 e. The standard InChI is InChI=1S/C20H18N2O3/c1-25-20(24)17-11-15-14-9-5-6-10-16(14)21-18(15)19(23)22(17)12-13-7-3-2-4-8-13/h2-10,17,21H,11-12H2,1H3. The van der Waals surface area contributed by atoms with Gasteiger partial charge in [-0.15, -0.1) is 0 Å². The first-order valence-electron chi connectivity index (χ1n) is 8.21. The molecule has 0 saturated carbocycles.